The second-order valence-corrected chi connectivity index (χ2v) is 11.7. The van der Waals surface area contributed by atoms with E-state index in [1.807, 2.05) is 0 Å². The number of hydrogen-bond acceptors (Lipinski definition) is 11. The summed E-state index contributed by atoms with van der Waals surface area (Å²) in [4.78, 5) is 47.2. The van der Waals surface area contributed by atoms with Gasteiger partial charge in [0, 0.05) is 45.9 Å². The van der Waals surface area contributed by atoms with Crippen LogP contribution in [0.2, 0.25) is 0 Å². The fourth-order valence-electron chi connectivity index (χ4n) is 7.17. The van der Waals surface area contributed by atoms with Crippen molar-refractivity contribution < 1.29 is 39.2 Å². The van der Waals surface area contributed by atoms with Crippen molar-refractivity contribution in [2.24, 2.45) is 0 Å². The Morgan fingerprint density at radius 3 is 2.54 bits per heavy atom. The zero-order valence-electron chi connectivity index (χ0n) is 23.1. The van der Waals surface area contributed by atoms with Gasteiger partial charge in [-0.2, -0.15) is 0 Å². The summed E-state index contributed by atoms with van der Waals surface area (Å²) in [5.41, 5.74) is 0.583. The van der Waals surface area contributed by atoms with Crippen LogP contribution in [0, 0.1) is 0 Å². The number of fused-ring (bicyclic) bond motifs is 4. The van der Waals surface area contributed by atoms with Crippen molar-refractivity contribution in [1.29, 1.82) is 0 Å². The first-order chi connectivity index (χ1) is 19.8. The number of methoxy groups -OCH3 is 1. The molecular weight excluding hydrogens is 538 g/mol. The second-order valence-electron chi connectivity index (χ2n) is 11.7. The Morgan fingerprint density at radius 2 is 1.78 bits per heavy atom. The molecule has 0 unspecified atom stereocenters. The van der Waals surface area contributed by atoms with E-state index in [1.54, 1.807) is 18.0 Å². The van der Waals surface area contributed by atoms with E-state index >= 15 is 0 Å². The van der Waals surface area contributed by atoms with E-state index in [0.29, 0.717) is 31.2 Å². The number of aromatic nitrogens is 3. The minimum atomic E-state index is -1.69. The van der Waals surface area contributed by atoms with Crippen LogP contribution < -0.4 is 5.32 Å². The minimum Gasteiger partial charge on any atom is -0.388 e. The summed E-state index contributed by atoms with van der Waals surface area (Å²) in [6, 6.07) is -2.07. The molecule has 15 heteroatoms. The standard InChI is InChI=1S/C26H39N7O8/c1-40-13-14-11-33(29-28-14)16-6-7-32-19(16)24(37)27-10-18-20(34)21(35)22(36)23(41-18)26(39)31-9-8-30(12-17(31)25(32)38)15-4-2-3-5-15/h11,15-23,34-36H,2-10,12-13H2,1H3,(H,27,37)/t16-,17+,18+,19+,20+,21-,22-,23+/m1/s1. The van der Waals surface area contributed by atoms with Crippen LogP contribution in [-0.2, 0) is 30.5 Å². The van der Waals surface area contributed by atoms with Gasteiger partial charge in [0.05, 0.1) is 18.8 Å². The number of carbonyl (C=O) groups is 3. The zero-order valence-corrected chi connectivity index (χ0v) is 23.1. The third-order valence-corrected chi connectivity index (χ3v) is 9.36. The molecule has 0 radical (unpaired) electrons. The number of aliphatic hydroxyl groups excluding tert-OH is 3. The quantitative estimate of drug-likeness (QED) is 0.286. The lowest BCUT2D eigenvalue weighted by Crippen LogP contribution is -2.69. The normalized spacial score (nSPS) is 37.4. The topological polar surface area (TPSA) is 183 Å². The molecule has 1 saturated carbocycles. The average Bonchev–Trinajstić information content (AvgIpc) is 3.75. The number of carbonyl (C=O) groups excluding carboxylic acids is 3. The molecule has 1 aromatic rings. The van der Waals surface area contributed by atoms with E-state index in [1.165, 1.54) is 9.80 Å². The number of aliphatic hydroxyl groups is 3. The highest BCUT2D eigenvalue weighted by molar-refractivity contribution is 5.94. The van der Waals surface area contributed by atoms with Gasteiger partial charge in [-0.05, 0) is 19.3 Å². The fourth-order valence-corrected chi connectivity index (χ4v) is 7.17. The van der Waals surface area contributed by atoms with E-state index in [4.69, 9.17) is 9.47 Å². The summed E-state index contributed by atoms with van der Waals surface area (Å²) in [7, 11) is 1.55. The lowest BCUT2D eigenvalue weighted by Gasteiger charge is -2.48. The highest BCUT2D eigenvalue weighted by Crippen LogP contribution is 2.33. The Bertz CT molecular complexity index is 1140. The van der Waals surface area contributed by atoms with Crippen molar-refractivity contribution in [3.05, 3.63) is 11.9 Å². The van der Waals surface area contributed by atoms with Crippen LogP contribution in [0.1, 0.15) is 43.8 Å². The first-order valence-electron chi connectivity index (χ1n) is 14.5. The van der Waals surface area contributed by atoms with Gasteiger partial charge < -0.3 is 39.9 Å². The van der Waals surface area contributed by atoms with E-state index in [0.717, 1.165) is 25.7 Å². The molecule has 5 aliphatic rings. The molecule has 8 atom stereocenters. The fraction of sp³-hybridized carbons (Fsp3) is 0.808. The molecule has 1 aliphatic carbocycles. The highest BCUT2D eigenvalue weighted by Gasteiger charge is 2.53. The molecule has 0 spiro atoms. The first kappa shape index (κ1) is 28.4. The number of ether oxygens (including phenoxy) is 2. The summed E-state index contributed by atoms with van der Waals surface area (Å²) in [5, 5.41) is 43.0. The predicted octanol–water partition coefficient (Wildman–Crippen LogP) is -3.00. The second kappa shape index (κ2) is 11.5. The smallest absolute Gasteiger partial charge is 0.255 e. The molecule has 1 aromatic heterocycles. The van der Waals surface area contributed by atoms with Crippen molar-refractivity contribution in [2.75, 3.05) is 39.8 Å². The Hall–Kier alpha value is -2.69. The Kier molecular flexibility index (Phi) is 8.00. The molecule has 4 N–H and O–H groups in total. The van der Waals surface area contributed by atoms with Crippen LogP contribution >= 0.6 is 0 Å². The summed E-state index contributed by atoms with van der Waals surface area (Å²) >= 11 is 0. The summed E-state index contributed by atoms with van der Waals surface area (Å²) < 4.78 is 12.6. The van der Waals surface area contributed by atoms with Gasteiger partial charge >= 0.3 is 0 Å². The van der Waals surface area contributed by atoms with Crippen LogP contribution in [0.3, 0.4) is 0 Å². The lowest BCUT2D eigenvalue weighted by molar-refractivity contribution is -0.225. The first-order valence-corrected chi connectivity index (χ1v) is 14.5. The van der Waals surface area contributed by atoms with Crippen molar-refractivity contribution >= 4 is 17.7 Å². The summed E-state index contributed by atoms with van der Waals surface area (Å²) in [6.07, 6.45) is -1.10. The van der Waals surface area contributed by atoms with Gasteiger partial charge in [-0.3, -0.25) is 19.3 Å². The molecule has 5 fully saturated rings. The van der Waals surface area contributed by atoms with Gasteiger partial charge in [0.15, 0.2) is 6.10 Å². The van der Waals surface area contributed by atoms with Gasteiger partial charge in [0.2, 0.25) is 11.8 Å². The van der Waals surface area contributed by atoms with Crippen LogP contribution in [0.25, 0.3) is 0 Å². The van der Waals surface area contributed by atoms with E-state index < -0.39 is 60.5 Å². The largest absolute Gasteiger partial charge is 0.388 e. The molecule has 5 heterocycles. The molecule has 3 amide bonds. The summed E-state index contributed by atoms with van der Waals surface area (Å²) in [6.45, 7) is 1.38. The van der Waals surface area contributed by atoms with Crippen LogP contribution in [-0.4, -0.2) is 151 Å². The third kappa shape index (κ3) is 5.12. The van der Waals surface area contributed by atoms with E-state index in [9.17, 15) is 29.7 Å². The van der Waals surface area contributed by atoms with Crippen molar-refractivity contribution in [3.8, 4) is 0 Å². The maximum Gasteiger partial charge on any atom is 0.255 e. The summed E-state index contributed by atoms with van der Waals surface area (Å²) in [5.74, 6) is -1.44. The van der Waals surface area contributed by atoms with E-state index in [-0.39, 0.29) is 32.1 Å². The number of nitrogens with one attached hydrogen (secondary N) is 1. The number of hydrogen-bond donors (Lipinski definition) is 4. The molecule has 2 bridgehead atoms. The Labute approximate surface area is 237 Å². The molecule has 0 aromatic carbocycles. The van der Waals surface area contributed by atoms with Crippen molar-refractivity contribution in [1.82, 2.24) is 35.0 Å². The molecule has 4 saturated heterocycles. The number of piperazine rings is 1. The molecule has 4 aliphatic heterocycles. The third-order valence-electron chi connectivity index (χ3n) is 9.36. The monoisotopic (exact) mass is 577 g/mol. The highest BCUT2D eigenvalue weighted by atomic mass is 16.5. The Balaban J connectivity index is 1.36. The molecule has 226 valence electrons. The minimum absolute atomic E-state index is 0.232. The van der Waals surface area contributed by atoms with Crippen LogP contribution in [0.4, 0.5) is 0 Å². The number of rotatable bonds is 4. The van der Waals surface area contributed by atoms with Crippen molar-refractivity contribution in [3.63, 3.8) is 0 Å². The maximum absolute atomic E-state index is 14.4. The maximum atomic E-state index is 14.4. The Morgan fingerprint density at radius 1 is 1.00 bits per heavy atom. The molecule has 41 heavy (non-hydrogen) atoms. The number of nitrogens with zero attached hydrogens (tertiary/aromatic N) is 6. The molecular formula is C26H39N7O8. The van der Waals surface area contributed by atoms with Gasteiger partial charge in [-0.1, -0.05) is 18.1 Å². The van der Waals surface area contributed by atoms with Crippen LogP contribution in [0.5, 0.6) is 0 Å². The van der Waals surface area contributed by atoms with Gasteiger partial charge in [0.25, 0.3) is 5.91 Å². The molecule has 15 nitrogen and oxygen atoms in total. The van der Waals surface area contributed by atoms with Gasteiger partial charge in [-0.15, -0.1) is 5.10 Å². The van der Waals surface area contributed by atoms with Crippen LogP contribution in [0.15, 0.2) is 6.20 Å². The number of amides is 3. The SMILES string of the molecule is COCc1cn([C@@H]2CCN3C(=O)[C@@H]4CN(C5CCCC5)CCN4C(=O)[C@H]4O[C@@H](CNC(=O)[C@H]23)[C@H](O)[C@@H](O)[C@H]4O)nn1. The predicted molar refractivity (Wildman–Crippen MR) is 139 cm³/mol. The average molecular weight is 578 g/mol. The zero-order chi connectivity index (χ0) is 28.8. The van der Waals surface area contributed by atoms with Gasteiger partial charge in [-0.25, -0.2) is 4.68 Å². The van der Waals surface area contributed by atoms with E-state index in [2.05, 4.69) is 20.5 Å². The van der Waals surface area contributed by atoms with Crippen molar-refractivity contribution in [2.45, 2.75) is 93.4 Å². The molecule has 6 rings (SSSR count). The van der Waals surface area contributed by atoms with Gasteiger partial charge in [0.1, 0.15) is 42.2 Å². The lowest BCUT2D eigenvalue weighted by atomic mass is 9.93.